The van der Waals surface area contributed by atoms with Crippen LogP contribution in [0.4, 0.5) is 17.1 Å². The highest BCUT2D eigenvalue weighted by Crippen LogP contribution is 2.52. The Morgan fingerprint density at radius 1 is 0.274 bits per heavy atom. The highest BCUT2D eigenvalue weighted by Gasteiger charge is 2.36. The maximum Gasteiger partial charge on any atom is 0.0462 e. The van der Waals surface area contributed by atoms with Gasteiger partial charge in [-0.05, 0) is 125 Å². The van der Waals surface area contributed by atoms with Crippen LogP contribution in [0.3, 0.4) is 0 Å². The Bertz CT molecular complexity index is 3190. The molecule has 10 aromatic rings. The van der Waals surface area contributed by atoms with Crippen molar-refractivity contribution in [2.75, 3.05) is 4.90 Å². The van der Waals surface area contributed by atoms with Crippen LogP contribution in [-0.2, 0) is 5.41 Å². The van der Waals surface area contributed by atoms with Crippen LogP contribution in [0.1, 0.15) is 25.0 Å². The summed E-state index contributed by atoms with van der Waals surface area (Å²) in [7, 11) is 0. The summed E-state index contributed by atoms with van der Waals surface area (Å²) >= 11 is 0. The predicted octanol–water partition coefficient (Wildman–Crippen LogP) is 17.0. The monoisotopic (exact) mass is 791 g/mol. The van der Waals surface area contributed by atoms with E-state index in [2.05, 4.69) is 255 Å². The Kier molecular flexibility index (Phi) is 9.24. The van der Waals surface area contributed by atoms with Gasteiger partial charge in [0.1, 0.15) is 0 Å². The van der Waals surface area contributed by atoms with Crippen molar-refractivity contribution in [3.05, 3.63) is 248 Å². The SMILES string of the molecule is CC1(C)c2ccccc2-c2c(-c3ccc(N(c4ccc(-c5ccc(-c6ccccc6)cc5)cc4)c4ccc(-c5ccc(-c6cccc7ccccc67)cc5)cc4)cc3)cccc21. The molecule has 0 saturated carbocycles. The molecule has 0 heterocycles. The van der Waals surface area contributed by atoms with E-state index in [1.807, 2.05) is 0 Å². The van der Waals surface area contributed by atoms with Crippen LogP contribution in [-0.4, -0.2) is 0 Å². The summed E-state index contributed by atoms with van der Waals surface area (Å²) in [6.45, 7) is 4.69. The fraction of sp³-hybridized carbons (Fsp3) is 0.0492. The molecular formula is C61H45N. The van der Waals surface area contributed by atoms with E-state index in [-0.39, 0.29) is 5.41 Å². The molecule has 0 radical (unpaired) electrons. The highest BCUT2D eigenvalue weighted by atomic mass is 15.1. The molecule has 1 nitrogen and oxygen atoms in total. The Hall–Kier alpha value is -7.74. The zero-order valence-corrected chi connectivity index (χ0v) is 35.0. The molecule has 0 fully saturated rings. The summed E-state index contributed by atoms with van der Waals surface area (Å²) in [5.74, 6) is 0. The van der Waals surface area contributed by atoms with Gasteiger partial charge in [0.05, 0.1) is 0 Å². The maximum absolute atomic E-state index is 2.37. The highest BCUT2D eigenvalue weighted by molar-refractivity contribution is 5.97. The first kappa shape index (κ1) is 37.3. The van der Waals surface area contributed by atoms with E-state index in [1.54, 1.807) is 0 Å². The molecule has 0 amide bonds. The number of rotatable bonds is 8. The van der Waals surface area contributed by atoms with Crippen LogP contribution in [0.5, 0.6) is 0 Å². The molecule has 1 aliphatic rings. The molecule has 62 heavy (non-hydrogen) atoms. The molecular weight excluding hydrogens is 747 g/mol. The molecule has 11 rings (SSSR count). The number of hydrogen-bond acceptors (Lipinski definition) is 1. The topological polar surface area (TPSA) is 3.24 Å². The Morgan fingerprint density at radius 3 is 1.24 bits per heavy atom. The molecule has 0 aliphatic heterocycles. The zero-order chi connectivity index (χ0) is 41.6. The number of fused-ring (bicyclic) bond motifs is 4. The van der Waals surface area contributed by atoms with Gasteiger partial charge in [0.15, 0.2) is 0 Å². The predicted molar refractivity (Wildman–Crippen MR) is 263 cm³/mol. The summed E-state index contributed by atoms with van der Waals surface area (Å²) in [6.07, 6.45) is 0. The van der Waals surface area contributed by atoms with Crippen molar-refractivity contribution in [2.45, 2.75) is 19.3 Å². The first-order valence-electron chi connectivity index (χ1n) is 21.6. The fourth-order valence-corrected chi connectivity index (χ4v) is 9.64. The van der Waals surface area contributed by atoms with Gasteiger partial charge in [-0.1, -0.05) is 214 Å². The third kappa shape index (κ3) is 6.60. The summed E-state index contributed by atoms with van der Waals surface area (Å²) < 4.78 is 0. The molecule has 0 N–H and O–H groups in total. The molecule has 0 bridgehead atoms. The normalized spacial score (nSPS) is 12.5. The van der Waals surface area contributed by atoms with Crippen molar-refractivity contribution >= 4 is 27.8 Å². The lowest BCUT2D eigenvalue weighted by Gasteiger charge is -2.26. The van der Waals surface area contributed by atoms with Crippen molar-refractivity contribution in [3.8, 4) is 66.8 Å². The van der Waals surface area contributed by atoms with Gasteiger partial charge >= 0.3 is 0 Å². The van der Waals surface area contributed by atoms with Gasteiger partial charge in [-0.25, -0.2) is 0 Å². The summed E-state index contributed by atoms with van der Waals surface area (Å²) in [5.41, 5.74) is 20.9. The second kappa shape index (κ2) is 15.4. The largest absolute Gasteiger partial charge is 0.311 e. The summed E-state index contributed by atoms with van der Waals surface area (Å²) in [6, 6.07) is 86.4. The summed E-state index contributed by atoms with van der Waals surface area (Å²) in [4.78, 5) is 2.37. The minimum atomic E-state index is -0.0419. The van der Waals surface area contributed by atoms with Crippen molar-refractivity contribution in [2.24, 2.45) is 0 Å². The van der Waals surface area contributed by atoms with E-state index in [4.69, 9.17) is 0 Å². The van der Waals surface area contributed by atoms with Crippen LogP contribution in [0.15, 0.2) is 237 Å². The fourth-order valence-electron chi connectivity index (χ4n) is 9.64. The van der Waals surface area contributed by atoms with Crippen molar-refractivity contribution in [1.82, 2.24) is 0 Å². The van der Waals surface area contributed by atoms with Crippen LogP contribution in [0.25, 0.3) is 77.5 Å². The number of hydrogen-bond donors (Lipinski definition) is 0. The smallest absolute Gasteiger partial charge is 0.0462 e. The lowest BCUT2D eigenvalue weighted by atomic mass is 9.82. The Morgan fingerprint density at radius 2 is 0.645 bits per heavy atom. The average Bonchev–Trinajstić information content (AvgIpc) is 3.58. The van der Waals surface area contributed by atoms with Gasteiger partial charge in [-0.2, -0.15) is 0 Å². The lowest BCUT2D eigenvalue weighted by Crippen LogP contribution is -2.14. The van der Waals surface area contributed by atoms with Crippen molar-refractivity contribution in [3.63, 3.8) is 0 Å². The zero-order valence-electron chi connectivity index (χ0n) is 35.0. The van der Waals surface area contributed by atoms with Crippen molar-refractivity contribution in [1.29, 1.82) is 0 Å². The van der Waals surface area contributed by atoms with Crippen LogP contribution in [0, 0.1) is 0 Å². The average molecular weight is 792 g/mol. The summed E-state index contributed by atoms with van der Waals surface area (Å²) in [5, 5.41) is 2.53. The molecule has 0 atom stereocenters. The van der Waals surface area contributed by atoms with E-state index >= 15 is 0 Å². The van der Waals surface area contributed by atoms with Gasteiger partial charge in [0.2, 0.25) is 0 Å². The molecule has 1 heteroatoms. The minimum Gasteiger partial charge on any atom is -0.311 e. The molecule has 10 aromatic carbocycles. The number of anilines is 3. The van der Waals surface area contributed by atoms with Gasteiger partial charge in [-0.15, -0.1) is 0 Å². The van der Waals surface area contributed by atoms with E-state index in [1.165, 1.54) is 88.7 Å². The van der Waals surface area contributed by atoms with Gasteiger partial charge in [0, 0.05) is 22.5 Å². The minimum absolute atomic E-state index is 0.0419. The van der Waals surface area contributed by atoms with Crippen LogP contribution >= 0.6 is 0 Å². The molecule has 1 aliphatic carbocycles. The molecule has 0 saturated heterocycles. The lowest BCUT2D eigenvalue weighted by molar-refractivity contribution is 0.660. The molecule has 294 valence electrons. The Balaban J connectivity index is 0.936. The van der Waals surface area contributed by atoms with Crippen LogP contribution < -0.4 is 4.90 Å². The standard InChI is InChI=1S/C61H45N/c1-61(2)58-20-9-8-17-57(58)60-56(19-11-21-59(60)61)50-34-40-53(41-35-50)62(51-36-30-46(31-37-51)44-24-22-43(23-25-44)42-12-4-3-5-13-42)52-38-32-47(33-39-52)45-26-28-49(29-27-45)55-18-10-15-48-14-6-7-16-54(48)55/h3-41H,1-2H3. The van der Waals surface area contributed by atoms with Gasteiger partial charge < -0.3 is 4.90 Å². The second-order valence-electron chi connectivity index (χ2n) is 16.9. The molecule has 0 aromatic heterocycles. The maximum atomic E-state index is 2.37. The van der Waals surface area contributed by atoms with Crippen molar-refractivity contribution < 1.29 is 0 Å². The second-order valence-corrected chi connectivity index (χ2v) is 16.9. The molecule has 0 spiro atoms. The van der Waals surface area contributed by atoms with E-state index in [9.17, 15) is 0 Å². The first-order valence-corrected chi connectivity index (χ1v) is 21.6. The van der Waals surface area contributed by atoms with E-state index in [0.717, 1.165) is 17.1 Å². The van der Waals surface area contributed by atoms with E-state index in [0.29, 0.717) is 0 Å². The van der Waals surface area contributed by atoms with E-state index < -0.39 is 0 Å². The van der Waals surface area contributed by atoms with Crippen LogP contribution in [0.2, 0.25) is 0 Å². The Labute approximate surface area is 364 Å². The quantitative estimate of drug-likeness (QED) is 0.148. The molecule has 0 unspecified atom stereocenters. The number of nitrogens with zero attached hydrogens (tertiary/aromatic N) is 1. The third-order valence-electron chi connectivity index (χ3n) is 12.9. The third-order valence-corrected chi connectivity index (χ3v) is 12.9. The van der Waals surface area contributed by atoms with Gasteiger partial charge in [0.25, 0.3) is 0 Å². The first-order chi connectivity index (χ1) is 30.5. The van der Waals surface area contributed by atoms with Gasteiger partial charge in [-0.3, -0.25) is 0 Å². The number of benzene rings is 10.